The lowest BCUT2D eigenvalue weighted by Crippen LogP contribution is -2.39. The lowest BCUT2D eigenvalue weighted by Gasteiger charge is -2.27. The first kappa shape index (κ1) is 17.1. The molecular weight excluding hydrogens is 321 g/mol. The maximum absolute atomic E-state index is 13.2. The number of nitrogens with one attached hydrogen (secondary N) is 1. The zero-order chi connectivity index (χ0) is 17.8. The van der Waals surface area contributed by atoms with Gasteiger partial charge in [-0.05, 0) is 55.5 Å². The van der Waals surface area contributed by atoms with Crippen molar-refractivity contribution in [1.82, 2.24) is 5.32 Å². The Morgan fingerprint density at radius 2 is 2.00 bits per heavy atom. The number of rotatable bonds is 4. The van der Waals surface area contributed by atoms with Gasteiger partial charge < -0.3 is 10.1 Å². The minimum absolute atomic E-state index is 0.0761. The predicted molar refractivity (Wildman–Crippen MR) is 91.5 cm³/mol. The summed E-state index contributed by atoms with van der Waals surface area (Å²) in [6.45, 7) is 1.52. The van der Waals surface area contributed by atoms with E-state index in [0.717, 1.165) is 30.9 Å². The van der Waals surface area contributed by atoms with Crippen LogP contribution in [-0.4, -0.2) is 18.0 Å². The summed E-state index contributed by atoms with van der Waals surface area (Å²) in [7, 11) is 0. The van der Waals surface area contributed by atoms with Crippen LogP contribution in [0.4, 0.5) is 4.39 Å². The molecule has 0 bridgehead atoms. The number of amides is 1. The van der Waals surface area contributed by atoms with Crippen LogP contribution >= 0.6 is 0 Å². The fourth-order valence-electron chi connectivity index (χ4n) is 3.09. The molecular formula is C20H20FNO3. The molecule has 2 aromatic carbocycles. The maximum Gasteiger partial charge on any atom is 0.339 e. The third-order valence-corrected chi connectivity index (χ3v) is 4.40. The van der Waals surface area contributed by atoms with Gasteiger partial charge in [0.05, 0.1) is 11.6 Å². The molecule has 0 unspecified atom stereocenters. The highest BCUT2D eigenvalue weighted by molar-refractivity contribution is 5.92. The summed E-state index contributed by atoms with van der Waals surface area (Å²) in [5, 5.41) is 2.95. The van der Waals surface area contributed by atoms with E-state index in [1.165, 1.54) is 30.7 Å². The van der Waals surface area contributed by atoms with Gasteiger partial charge in [0.15, 0.2) is 6.10 Å². The lowest BCUT2D eigenvalue weighted by atomic mass is 9.87. The van der Waals surface area contributed by atoms with Gasteiger partial charge in [0, 0.05) is 0 Å². The number of carbonyl (C=O) groups excluding carboxylic acids is 2. The molecule has 1 amide bonds. The summed E-state index contributed by atoms with van der Waals surface area (Å²) in [5.74, 6) is -1.59. The van der Waals surface area contributed by atoms with Gasteiger partial charge in [-0.3, -0.25) is 4.79 Å². The van der Waals surface area contributed by atoms with E-state index in [9.17, 15) is 14.0 Å². The minimum Gasteiger partial charge on any atom is -0.449 e. The van der Waals surface area contributed by atoms with Crippen LogP contribution in [0.3, 0.4) is 0 Å². The van der Waals surface area contributed by atoms with Gasteiger partial charge >= 0.3 is 5.97 Å². The molecule has 0 saturated carbocycles. The molecule has 0 spiro atoms. The number of fused-ring (bicyclic) bond motifs is 1. The maximum atomic E-state index is 13.2. The van der Waals surface area contributed by atoms with Crippen LogP contribution in [0.1, 0.15) is 47.3 Å². The third kappa shape index (κ3) is 4.05. The second-order valence-electron chi connectivity index (χ2n) is 6.21. The van der Waals surface area contributed by atoms with E-state index in [4.69, 9.17) is 4.74 Å². The zero-order valence-corrected chi connectivity index (χ0v) is 14.0. The first-order chi connectivity index (χ1) is 12.0. The monoisotopic (exact) mass is 341 g/mol. The molecule has 25 heavy (non-hydrogen) atoms. The van der Waals surface area contributed by atoms with Crippen molar-refractivity contribution in [2.75, 3.05) is 0 Å². The molecule has 2 aromatic rings. The number of halogens is 1. The Balaban J connectivity index is 1.63. The number of hydrogen-bond donors (Lipinski definition) is 1. The summed E-state index contributed by atoms with van der Waals surface area (Å²) in [6.07, 6.45) is 1.91. The smallest absolute Gasteiger partial charge is 0.339 e. The van der Waals surface area contributed by atoms with Crippen molar-refractivity contribution in [3.05, 3.63) is 71.0 Å². The number of carbonyl (C=O) groups is 2. The molecule has 0 radical (unpaired) electrons. The molecule has 0 fully saturated rings. The summed E-state index contributed by atoms with van der Waals surface area (Å²) < 4.78 is 18.4. The van der Waals surface area contributed by atoms with E-state index in [2.05, 4.69) is 11.4 Å². The predicted octanol–water partition coefficient (Wildman–Crippen LogP) is 3.56. The molecule has 2 atom stereocenters. The fraction of sp³-hybridized carbons (Fsp3) is 0.300. The molecule has 130 valence electrons. The summed E-state index contributed by atoms with van der Waals surface area (Å²) in [6, 6.07) is 13.2. The second-order valence-corrected chi connectivity index (χ2v) is 6.21. The summed E-state index contributed by atoms with van der Waals surface area (Å²) in [5.41, 5.74) is 2.44. The summed E-state index contributed by atoms with van der Waals surface area (Å²) in [4.78, 5) is 24.4. The number of ether oxygens (including phenoxy) is 1. The second kappa shape index (κ2) is 7.47. The highest BCUT2D eigenvalue weighted by Gasteiger charge is 2.25. The molecule has 5 heteroatoms. The molecule has 4 nitrogen and oxygen atoms in total. The van der Waals surface area contributed by atoms with Gasteiger partial charge in [-0.15, -0.1) is 0 Å². The summed E-state index contributed by atoms with van der Waals surface area (Å²) >= 11 is 0. The van der Waals surface area contributed by atoms with Crippen molar-refractivity contribution in [3.63, 3.8) is 0 Å². The Morgan fingerprint density at radius 3 is 2.80 bits per heavy atom. The molecule has 1 aliphatic rings. The number of hydrogen-bond acceptors (Lipinski definition) is 3. The molecule has 1 N–H and O–H groups in total. The SMILES string of the molecule is C[C@@H](OC(=O)c1cccc(F)c1)C(=O)N[C@H]1CCCc2ccccc21. The molecule has 0 aliphatic heterocycles. The standard InChI is InChI=1S/C20H20FNO3/c1-13(25-20(24)15-8-4-9-16(21)12-15)19(23)22-18-11-5-7-14-6-2-3-10-17(14)18/h2-4,6,8-10,12-13,18H,5,7,11H2,1H3,(H,22,23)/t13-,18+/m1/s1. The number of benzene rings is 2. The van der Waals surface area contributed by atoms with Crippen molar-refractivity contribution >= 4 is 11.9 Å². The Morgan fingerprint density at radius 1 is 1.20 bits per heavy atom. The Hall–Kier alpha value is -2.69. The normalized spacial score (nSPS) is 17.3. The number of aryl methyl sites for hydroxylation is 1. The third-order valence-electron chi connectivity index (χ3n) is 4.40. The van der Waals surface area contributed by atoms with Crippen molar-refractivity contribution in [2.45, 2.75) is 38.3 Å². The minimum atomic E-state index is -0.954. The van der Waals surface area contributed by atoms with Crippen molar-refractivity contribution in [3.8, 4) is 0 Å². The van der Waals surface area contributed by atoms with Crippen LogP contribution in [0.5, 0.6) is 0 Å². The van der Waals surface area contributed by atoms with Crippen molar-refractivity contribution in [1.29, 1.82) is 0 Å². The van der Waals surface area contributed by atoms with E-state index >= 15 is 0 Å². The van der Waals surface area contributed by atoms with Crippen molar-refractivity contribution in [2.24, 2.45) is 0 Å². The van der Waals surface area contributed by atoms with Crippen LogP contribution < -0.4 is 5.32 Å². The van der Waals surface area contributed by atoms with Gasteiger partial charge in [-0.2, -0.15) is 0 Å². The first-order valence-electron chi connectivity index (χ1n) is 8.39. The van der Waals surface area contributed by atoms with Gasteiger partial charge in [-0.25, -0.2) is 9.18 Å². The topological polar surface area (TPSA) is 55.4 Å². The van der Waals surface area contributed by atoms with Gasteiger partial charge in [0.25, 0.3) is 5.91 Å². The lowest BCUT2D eigenvalue weighted by molar-refractivity contribution is -0.130. The average Bonchev–Trinajstić information content (AvgIpc) is 2.62. The van der Waals surface area contributed by atoms with Crippen LogP contribution in [-0.2, 0) is 16.0 Å². The van der Waals surface area contributed by atoms with Crippen LogP contribution in [0.25, 0.3) is 0 Å². The van der Waals surface area contributed by atoms with E-state index in [1.54, 1.807) is 0 Å². The molecule has 0 saturated heterocycles. The van der Waals surface area contributed by atoms with Crippen LogP contribution in [0.15, 0.2) is 48.5 Å². The highest BCUT2D eigenvalue weighted by Crippen LogP contribution is 2.29. The van der Waals surface area contributed by atoms with E-state index < -0.39 is 17.9 Å². The van der Waals surface area contributed by atoms with E-state index in [-0.39, 0.29) is 17.5 Å². The van der Waals surface area contributed by atoms with Crippen LogP contribution in [0, 0.1) is 5.82 Å². The van der Waals surface area contributed by atoms with Crippen LogP contribution in [0.2, 0.25) is 0 Å². The Labute approximate surface area is 146 Å². The largest absolute Gasteiger partial charge is 0.449 e. The molecule has 3 rings (SSSR count). The fourth-order valence-corrected chi connectivity index (χ4v) is 3.09. The Bertz CT molecular complexity index is 790. The molecule has 1 aliphatic carbocycles. The zero-order valence-electron chi connectivity index (χ0n) is 14.0. The van der Waals surface area contributed by atoms with E-state index in [1.807, 2.05) is 18.2 Å². The highest BCUT2D eigenvalue weighted by atomic mass is 19.1. The quantitative estimate of drug-likeness (QED) is 0.865. The Kier molecular flexibility index (Phi) is 5.12. The van der Waals surface area contributed by atoms with Gasteiger partial charge in [0.2, 0.25) is 0 Å². The van der Waals surface area contributed by atoms with Crippen molar-refractivity contribution < 1.29 is 18.7 Å². The molecule has 0 aromatic heterocycles. The number of esters is 1. The first-order valence-corrected chi connectivity index (χ1v) is 8.39. The average molecular weight is 341 g/mol. The van der Waals surface area contributed by atoms with Gasteiger partial charge in [-0.1, -0.05) is 30.3 Å². The molecule has 0 heterocycles. The van der Waals surface area contributed by atoms with E-state index in [0.29, 0.717) is 0 Å². The van der Waals surface area contributed by atoms with Gasteiger partial charge in [0.1, 0.15) is 5.82 Å².